The number of hydrogen-bond acceptors (Lipinski definition) is 5. The minimum absolute atomic E-state index is 0.413. The van der Waals surface area contributed by atoms with Crippen molar-refractivity contribution < 1.29 is 21.2 Å². The Hall–Kier alpha value is -2.19. The van der Waals surface area contributed by atoms with Crippen LogP contribution in [0.3, 0.4) is 0 Å². The molecule has 124 valence electrons. The number of rotatable bonds is 4. The molecule has 0 saturated carbocycles. The number of halogens is 2. The van der Waals surface area contributed by atoms with Gasteiger partial charge < -0.3 is 0 Å². The van der Waals surface area contributed by atoms with E-state index < -0.39 is 39.6 Å². The summed E-state index contributed by atoms with van der Waals surface area (Å²) in [7, 11) is 0. The zero-order chi connectivity index (χ0) is 17.2. The molecule has 23 heavy (non-hydrogen) atoms. The molecule has 0 N–H and O–H groups in total. The van der Waals surface area contributed by atoms with Gasteiger partial charge in [0.25, 0.3) is 0 Å². The summed E-state index contributed by atoms with van der Waals surface area (Å²) in [5.74, 6) is -2.12. The van der Waals surface area contributed by atoms with E-state index in [9.17, 15) is 21.2 Å². The molecule has 0 aliphatic carbocycles. The van der Waals surface area contributed by atoms with Crippen molar-refractivity contribution in [3.63, 3.8) is 0 Å². The molecule has 0 aliphatic heterocycles. The molecule has 1 aromatic heterocycles. The first-order valence-corrected chi connectivity index (χ1v) is 9.83. The molecule has 10 heteroatoms. The van der Waals surface area contributed by atoms with Crippen LogP contribution in [0.4, 0.5) is 13.6 Å². The van der Waals surface area contributed by atoms with Crippen LogP contribution >= 0.6 is 0 Å². The van der Waals surface area contributed by atoms with Gasteiger partial charge in [-0.25, -0.2) is 0 Å². The predicted molar refractivity (Wildman–Crippen MR) is 76.5 cm³/mol. The third-order valence-corrected chi connectivity index (χ3v) is 6.44. The Morgan fingerprint density at radius 2 is 1.91 bits per heavy atom. The van der Waals surface area contributed by atoms with Gasteiger partial charge in [-0.3, -0.25) is 0 Å². The van der Waals surface area contributed by atoms with Gasteiger partial charge in [-0.15, -0.1) is 0 Å². The third-order valence-electron chi connectivity index (χ3n) is 3.12. The fraction of sp³-hybridized carbons (Fsp3) is 0.308. The van der Waals surface area contributed by atoms with E-state index in [0.717, 1.165) is 23.1 Å². The Balaban J connectivity index is 2.41. The molecule has 0 radical (unpaired) electrons. The quantitative estimate of drug-likeness (QED) is 0.700. The van der Waals surface area contributed by atoms with Gasteiger partial charge in [-0.05, 0) is 0 Å². The monoisotopic (exact) mass is 392 g/mol. The number of nitrogens with zero attached hydrogens (tertiary/aromatic N) is 4. The van der Waals surface area contributed by atoms with Crippen LogP contribution < -0.4 is 9.18 Å². The standard InChI is InChI=1S/C13H14F2N4O3Se/c1-3-18(4-2)13(20)19-8-16-12(17-19)23(21,22)11-6-5-9(14)7-10(11)15/h5-8H,3-4H2,1-2H3. The first-order valence-electron chi connectivity index (χ1n) is 6.72. The molecule has 1 amide bonds. The van der Waals surface area contributed by atoms with Gasteiger partial charge in [0.05, 0.1) is 0 Å². The number of hydrogen-bond donors (Lipinski definition) is 0. The maximum atomic E-state index is 13.7. The van der Waals surface area contributed by atoms with Crippen LogP contribution in [0.25, 0.3) is 0 Å². The summed E-state index contributed by atoms with van der Waals surface area (Å²) in [5, 5.41) is 3.64. The predicted octanol–water partition coefficient (Wildman–Crippen LogP) is 0.284. The summed E-state index contributed by atoms with van der Waals surface area (Å²) in [4.78, 5) is 17.1. The average Bonchev–Trinajstić information content (AvgIpc) is 2.98. The Morgan fingerprint density at radius 3 is 2.48 bits per heavy atom. The van der Waals surface area contributed by atoms with Crippen molar-refractivity contribution in [2.24, 2.45) is 0 Å². The zero-order valence-electron chi connectivity index (χ0n) is 12.4. The molecular formula is C13H14F2N4O3Se. The van der Waals surface area contributed by atoms with Gasteiger partial charge in [-0.2, -0.15) is 0 Å². The number of carbonyl (C=O) groups excluding carboxylic acids is 1. The Labute approximate surface area is 132 Å². The molecular weight excluding hydrogens is 377 g/mol. The van der Waals surface area contributed by atoms with Crippen molar-refractivity contribution in [2.75, 3.05) is 13.1 Å². The van der Waals surface area contributed by atoms with Gasteiger partial charge in [0.1, 0.15) is 0 Å². The van der Waals surface area contributed by atoms with E-state index in [0.29, 0.717) is 19.2 Å². The van der Waals surface area contributed by atoms with Crippen molar-refractivity contribution in [2.45, 2.75) is 13.8 Å². The normalized spacial score (nSPS) is 11.5. The number of benzene rings is 1. The molecule has 0 fully saturated rings. The van der Waals surface area contributed by atoms with Crippen LogP contribution in [0.2, 0.25) is 0 Å². The van der Waals surface area contributed by atoms with Crippen molar-refractivity contribution in [1.82, 2.24) is 19.7 Å². The van der Waals surface area contributed by atoms with E-state index >= 15 is 0 Å². The molecule has 1 aromatic carbocycles. The van der Waals surface area contributed by atoms with Gasteiger partial charge >= 0.3 is 132 Å². The van der Waals surface area contributed by atoms with Gasteiger partial charge in [0, 0.05) is 0 Å². The number of aromatic nitrogens is 3. The van der Waals surface area contributed by atoms with Crippen molar-refractivity contribution in [3.05, 3.63) is 36.2 Å². The SMILES string of the molecule is CCN(CC)C(=O)n1cnc([Se](=O)(=O)c2ccc(F)cc2F)n1. The molecule has 0 atom stereocenters. The third kappa shape index (κ3) is 3.27. The molecule has 1 heterocycles. The van der Waals surface area contributed by atoms with Crippen LogP contribution in [0.1, 0.15) is 13.8 Å². The summed E-state index contributed by atoms with van der Waals surface area (Å²) >= 11 is -5.27. The minimum atomic E-state index is -5.27. The Kier molecular flexibility index (Phi) is 4.86. The van der Waals surface area contributed by atoms with E-state index in [2.05, 4.69) is 10.1 Å². The first kappa shape index (κ1) is 17.2. The molecule has 2 aromatic rings. The molecule has 0 aliphatic rings. The van der Waals surface area contributed by atoms with Gasteiger partial charge in [0.15, 0.2) is 0 Å². The van der Waals surface area contributed by atoms with Crippen molar-refractivity contribution >= 4 is 27.9 Å². The van der Waals surface area contributed by atoms with E-state index in [1.165, 1.54) is 4.90 Å². The Morgan fingerprint density at radius 1 is 1.26 bits per heavy atom. The molecule has 0 spiro atoms. The van der Waals surface area contributed by atoms with Crippen LogP contribution in [-0.2, 0) is 7.67 Å². The molecule has 0 bridgehead atoms. The summed E-state index contributed by atoms with van der Waals surface area (Å²) in [6.45, 7) is 4.34. The summed E-state index contributed by atoms with van der Waals surface area (Å²) in [6, 6.07) is 1.58. The molecule has 2 rings (SSSR count). The Bertz CT molecular complexity index is 831. The average molecular weight is 391 g/mol. The summed E-state index contributed by atoms with van der Waals surface area (Å²) < 4.78 is 50.8. The van der Waals surface area contributed by atoms with E-state index in [4.69, 9.17) is 0 Å². The summed E-state index contributed by atoms with van der Waals surface area (Å²) in [5.41, 5.74) is 0. The fourth-order valence-corrected chi connectivity index (χ4v) is 4.29. The molecule has 0 saturated heterocycles. The van der Waals surface area contributed by atoms with Crippen LogP contribution in [0.15, 0.2) is 24.5 Å². The number of amides is 1. The zero-order valence-corrected chi connectivity index (χ0v) is 14.1. The molecule has 7 nitrogen and oxygen atoms in total. The van der Waals surface area contributed by atoms with Crippen molar-refractivity contribution in [3.8, 4) is 0 Å². The van der Waals surface area contributed by atoms with Crippen molar-refractivity contribution in [1.29, 1.82) is 0 Å². The second-order valence-electron chi connectivity index (χ2n) is 4.50. The van der Waals surface area contributed by atoms with E-state index in [-0.39, 0.29) is 0 Å². The van der Waals surface area contributed by atoms with E-state index in [1.807, 2.05) is 0 Å². The van der Waals surface area contributed by atoms with Gasteiger partial charge in [0.2, 0.25) is 0 Å². The fourth-order valence-electron chi connectivity index (χ4n) is 1.89. The second-order valence-corrected chi connectivity index (χ2v) is 8.31. The first-order chi connectivity index (χ1) is 10.8. The van der Waals surface area contributed by atoms with Gasteiger partial charge in [-0.1, -0.05) is 0 Å². The maximum absolute atomic E-state index is 13.7. The second kappa shape index (κ2) is 6.51. The van der Waals surface area contributed by atoms with Crippen LogP contribution in [0.5, 0.6) is 0 Å². The summed E-state index contributed by atoms with van der Waals surface area (Å²) in [6.07, 6.45) is 0.958. The number of carbonyl (C=O) groups is 1. The topological polar surface area (TPSA) is 85.2 Å². The van der Waals surface area contributed by atoms with Crippen LogP contribution in [0, 0.1) is 11.6 Å². The van der Waals surface area contributed by atoms with E-state index in [1.54, 1.807) is 13.8 Å². The molecule has 0 unspecified atom stereocenters. The van der Waals surface area contributed by atoms with Crippen LogP contribution in [-0.4, -0.2) is 51.5 Å².